The maximum atomic E-state index is 11.8. The topological polar surface area (TPSA) is 67.4 Å². The molecule has 5 nitrogen and oxygen atoms in total. The Balaban J connectivity index is 1.63. The number of amides is 2. The standard InChI is InChI=1S/C17H17ClN2O3/c18-14-6-4-5-13(11-14)17(22)20-10-9-19-16(21)12-23-15-7-2-1-3-8-15/h1-8,11H,9-10,12H2,(H,19,21)(H,20,22). The fraction of sp³-hybridized carbons (Fsp3) is 0.176. The van der Waals surface area contributed by atoms with Crippen LogP contribution in [0.5, 0.6) is 5.75 Å². The average Bonchev–Trinajstić information content (AvgIpc) is 2.57. The summed E-state index contributed by atoms with van der Waals surface area (Å²) in [5.74, 6) is 0.157. The third-order valence-electron chi connectivity index (χ3n) is 2.93. The van der Waals surface area contributed by atoms with E-state index in [1.54, 1.807) is 36.4 Å². The Hall–Kier alpha value is -2.53. The fourth-order valence-electron chi connectivity index (χ4n) is 1.83. The summed E-state index contributed by atoms with van der Waals surface area (Å²) in [7, 11) is 0. The third kappa shape index (κ3) is 6.00. The Bertz CT molecular complexity index is 662. The number of carbonyl (C=O) groups excluding carboxylic acids is 2. The second-order valence-electron chi connectivity index (χ2n) is 4.72. The van der Waals surface area contributed by atoms with Crippen LogP contribution < -0.4 is 15.4 Å². The van der Waals surface area contributed by atoms with Gasteiger partial charge in [-0.1, -0.05) is 35.9 Å². The van der Waals surface area contributed by atoms with Crippen molar-refractivity contribution in [3.8, 4) is 5.75 Å². The highest BCUT2D eigenvalue weighted by molar-refractivity contribution is 6.30. The van der Waals surface area contributed by atoms with Crippen molar-refractivity contribution in [2.24, 2.45) is 0 Å². The van der Waals surface area contributed by atoms with Crippen molar-refractivity contribution >= 4 is 23.4 Å². The number of halogens is 1. The number of rotatable bonds is 7. The second-order valence-corrected chi connectivity index (χ2v) is 5.15. The summed E-state index contributed by atoms with van der Waals surface area (Å²) < 4.78 is 5.31. The lowest BCUT2D eigenvalue weighted by Crippen LogP contribution is -2.36. The van der Waals surface area contributed by atoms with Gasteiger partial charge in [0.2, 0.25) is 0 Å². The van der Waals surface area contributed by atoms with Crippen molar-refractivity contribution in [1.82, 2.24) is 10.6 Å². The van der Waals surface area contributed by atoms with Crippen LogP contribution >= 0.6 is 11.6 Å². The van der Waals surface area contributed by atoms with E-state index < -0.39 is 0 Å². The minimum Gasteiger partial charge on any atom is -0.484 e. The van der Waals surface area contributed by atoms with E-state index in [-0.39, 0.29) is 18.4 Å². The molecule has 0 saturated heterocycles. The predicted molar refractivity (Wildman–Crippen MR) is 88.7 cm³/mol. The molecule has 0 radical (unpaired) electrons. The Morgan fingerprint density at radius 2 is 1.70 bits per heavy atom. The summed E-state index contributed by atoms with van der Waals surface area (Å²) in [6.45, 7) is 0.581. The van der Waals surface area contributed by atoms with Crippen molar-refractivity contribution in [3.05, 3.63) is 65.2 Å². The van der Waals surface area contributed by atoms with Gasteiger partial charge in [0, 0.05) is 23.7 Å². The van der Waals surface area contributed by atoms with E-state index in [2.05, 4.69) is 10.6 Å². The highest BCUT2D eigenvalue weighted by Crippen LogP contribution is 2.10. The molecule has 2 N–H and O–H groups in total. The van der Waals surface area contributed by atoms with Crippen molar-refractivity contribution in [1.29, 1.82) is 0 Å². The molecule has 0 saturated carbocycles. The van der Waals surface area contributed by atoms with E-state index >= 15 is 0 Å². The largest absolute Gasteiger partial charge is 0.484 e. The minimum absolute atomic E-state index is 0.0632. The van der Waals surface area contributed by atoms with Gasteiger partial charge in [-0.2, -0.15) is 0 Å². The van der Waals surface area contributed by atoms with Crippen LogP contribution in [0.3, 0.4) is 0 Å². The molecule has 0 aliphatic rings. The lowest BCUT2D eigenvalue weighted by atomic mass is 10.2. The van der Waals surface area contributed by atoms with E-state index in [0.29, 0.717) is 29.4 Å². The van der Waals surface area contributed by atoms with Crippen LogP contribution in [0.1, 0.15) is 10.4 Å². The van der Waals surface area contributed by atoms with Crippen LogP contribution in [0.15, 0.2) is 54.6 Å². The molecule has 0 aromatic heterocycles. The van der Waals surface area contributed by atoms with Gasteiger partial charge < -0.3 is 15.4 Å². The second kappa shape index (κ2) is 8.80. The first kappa shape index (κ1) is 16.8. The summed E-state index contributed by atoms with van der Waals surface area (Å²) in [5.41, 5.74) is 0.483. The summed E-state index contributed by atoms with van der Waals surface area (Å²) in [6.07, 6.45) is 0. The van der Waals surface area contributed by atoms with Crippen molar-refractivity contribution in [2.75, 3.05) is 19.7 Å². The Kier molecular flexibility index (Phi) is 6.44. The molecule has 0 heterocycles. The molecular weight excluding hydrogens is 316 g/mol. The maximum Gasteiger partial charge on any atom is 0.258 e. The monoisotopic (exact) mass is 332 g/mol. The molecule has 0 atom stereocenters. The fourth-order valence-corrected chi connectivity index (χ4v) is 2.02. The molecule has 2 amide bonds. The maximum absolute atomic E-state index is 11.8. The molecule has 0 aliphatic heterocycles. The predicted octanol–water partition coefficient (Wildman–Crippen LogP) is 2.26. The Labute approximate surface area is 139 Å². The third-order valence-corrected chi connectivity index (χ3v) is 3.17. The molecule has 23 heavy (non-hydrogen) atoms. The van der Waals surface area contributed by atoms with Gasteiger partial charge in [0.1, 0.15) is 5.75 Å². The van der Waals surface area contributed by atoms with Crippen LogP contribution in [-0.4, -0.2) is 31.5 Å². The van der Waals surface area contributed by atoms with E-state index in [1.165, 1.54) is 0 Å². The first-order valence-corrected chi connectivity index (χ1v) is 7.51. The lowest BCUT2D eigenvalue weighted by Gasteiger charge is -2.08. The average molecular weight is 333 g/mol. The molecule has 2 aromatic carbocycles. The summed E-state index contributed by atoms with van der Waals surface area (Å²) in [5, 5.41) is 5.87. The van der Waals surface area contributed by atoms with Crippen LogP contribution in [0.4, 0.5) is 0 Å². The summed E-state index contributed by atoms with van der Waals surface area (Å²) >= 11 is 5.83. The van der Waals surface area contributed by atoms with Crippen LogP contribution in [-0.2, 0) is 4.79 Å². The van der Waals surface area contributed by atoms with Crippen molar-refractivity contribution < 1.29 is 14.3 Å². The van der Waals surface area contributed by atoms with Gasteiger partial charge in [0.05, 0.1) is 0 Å². The molecule has 0 unspecified atom stereocenters. The van der Waals surface area contributed by atoms with E-state index in [9.17, 15) is 9.59 Å². The number of carbonyl (C=O) groups is 2. The molecule has 6 heteroatoms. The zero-order chi connectivity index (χ0) is 16.5. The van der Waals surface area contributed by atoms with Crippen LogP contribution in [0.25, 0.3) is 0 Å². The van der Waals surface area contributed by atoms with Crippen molar-refractivity contribution in [2.45, 2.75) is 0 Å². The van der Waals surface area contributed by atoms with Gasteiger partial charge in [0.25, 0.3) is 11.8 Å². The summed E-state index contributed by atoms with van der Waals surface area (Å²) in [4.78, 5) is 23.5. The van der Waals surface area contributed by atoms with Gasteiger partial charge in [0.15, 0.2) is 6.61 Å². The molecule has 120 valence electrons. The SMILES string of the molecule is O=C(COc1ccccc1)NCCNC(=O)c1cccc(Cl)c1. The summed E-state index contributed by atoms with van der Waals surface area (Å²) in [6, 6.07) is 15.8. The first-order valence-electron chi connectivity index (χ1n) is 7.13. The highest BCUT2D eigenvalue weighted by atomic mass is 35.5. The molecular formula is C17H17ClN2O3. The number of nitrogens with one attached hydrogen (secondary N) is 2. The Morgan fingerprint density at radius 1 is 0.957 bits per heavy atom. The number of hydrogen-bond acceptors (Lipinski definition) is 3. The molecule has 2 rings (SSSR count). The van der Waals surface area contributed by atoms with Crippen molar-refractivity contribution in [3.63, 3.8) is 0 Å². The van der Waals surface area contributed by atoms with Crippen LogP contribution in [0.2, 0.25) is 5.02 Å². The lowest BCUT2D eigenvalue weighted by molar-refractivity contribution is -0.123. The quantitative estimate of drug-likeness (QED) is 0.764. The van der Waals surface area contributed by atoms with Crippen LogP contribution in [0, 0.1) is 0 Å². The Morgan fingerprint density at radius 3 is 2.43 bits per heavy atom. The molecule has 0 bridgehead atoms. The zero-order valence-corrected chi connectivity index (χ0v) is 13.2. The van der Waals surface area contributed by atoms with E-state index in [0.717, 1.165) is 0 Å². The highest BCUT2D eigenvalue weighted by Gasteiger charge is 2.06. The number of benzene rings is 2. The molecule has 0 aliphatic carbocycles. The van der Waals surface area contributed by atoms with Gasteiger partial charge in [-0.3, -0.25) is 9.59 Å². The van der Waals surface area contributed by atoms with Gasteiger partial charge >= 0.3 is 0 Å². The smallest absolute Gasteiger partial charge is 0.258 e. The van der Waals surface area contributed by atoms with Gasteiger partial charge in [-0.25, -0.2) is 0 Å². The normalized spacial score (nSPS) is 9.96. The first-order chi connectivity index (χ1) is 11.1. The minimum atomic E-state index is -0.245. The number of hydrogen-bond donors (Lipinski definition) is 2. The number of ether oxygens (including phenoxy) is 1. The van der Waals surface area contributed by atoms with Gasteiger partial charge in [-0.15, -0.1) is 0 Å². The number of para-hydroxylation sites is 1. The molecule has 0 spiro atoms. The van der Waals surface area contributed by atoms with Gasteiger partial charge in [-0.05, 0) is 30.3 Å². The van der Waals surface area contributed by atoms with E-state index in [1.807, 2.05) is 18.2 Å². The van der Waals surface area contributed by atoms with E-state index in [4.69, 9.17) is 16.3 Å². The zero-order valence-electron chi connectivity index (χ0n) is 12.4. The molecule has 0 fully saturated rings. The molecule has 2 aromatic rings.